The number of carboxylic acids is 1. The third-order valence-electron chi connectivity index (χ3n) is 1.57. The van der Waals surface area contributed by atoms with Crippen molar-refractivity contribution in [1.29, 1.82) is 0 Å². The number of amides is 1. The molecule has 4 nitrogen and oxygen atoms in total. The van der Waals surface area contributed by atoms with Crippen LogP contribution in [0.4, 0.5) is 0 Å². The summed E-state index contributed by atoms with van der Waals surface area (Å²) in [5, 5.41) is 8.35. The summed E-state index contributed by atoms with van der Waals surface area (Å²) >= 11 is 0. The number of rotatable bonds is 5. The average Bonchev–Trinajstić information content (AvgIpc) is 2.10. The molecule has 72 valence electrons. The molecule has 0 saturated heterocycles. The van der Waals surface area contributed by atoms with Crippen molar-refractivity contribution in [1.82, 2.24) is 4.90 Å². The molecule has 0 aliphatic rings. The molecule has 4 heteroatoms. The molecule has 1 N–H and O–H groups in total. The highest BCUT2D eigenvalue weighted by atomic mass is 16.4. The molecule has 0 aliphatic heterocycles. The number of hydrogen-bond acceptors (Lipinski definition) is 2. The van der Waals surface area contributed by atoms with Crippen molar-refractivity contribution >= 4 is 11.9 Å². The third kappa shape index (κ3) is 5.74. The maximum Gasteiger partial charge on any atom is 0.305 e. The summed E-state index contributed by atoms with van der Waals surface area (Å²) in [5.74, 6) is 1.34. The molecule has 0 aromatic rings. The minimum atomic E-state index is -0.906. The predicted octanol–water partition coefficient (Wildman–Crippen LogP) is 0.333. The van der Waals surface area contributed by atoms with Crippen LogP contribution in [0.3, 0.4) is 0 Å². The van der Waals surface area contributed by atoms with E-state index < -0.39 is 5.97 Å². The molecule has 0 aromatic heterocycles. The lowest BCUT2D eigenvalue weighted by atomic mass is 10.3. The highest BCUT2D eigenvalue weighted by molar-refractivity contribution is 5.76. The van der Waals surface area contributed by atoms with Crippen molar-refractivity contribution in [2.24, 2.45) is 0 Å². The van der Waals surface area contributed by atoms with Crippen LogP contribution < -0.4 is 0 Å². The normalized spacial score (nSPS) is 8.92. The van der Waals surface area contributed by atoms with E-state index in [0.717, 1.165) is 0 Å². The van der Waals surface area contributed by atoms with Gasteiger partial charge in [0.1, 0.15) is 0 Å². The van der Waals surface area contributed by atoms with Gasteiger partial charge in [-0.1, -0.05) is 0 Å². The van der Waals surface area contributed by atoms with Gasteiger partial charge in [0, 0.05) is 26.4 Å². The first-order valence-electron chi connectivity index (χ1n) is 3.97. The van der Waals surface area contributed by atoms with E-state index >= 15 is 0 Å². The summed E-state index contributed by atoms with van der Waals surface area (Å²) in [5.41, 5.74) is 0. The Morgan fingerprint density at radius 2 is 2.08 bits per heavy atom. The Kier molecular flexibility index (Phi) is 5.37. The number of hydrogen-bond donors (Lipinski definition) is 1. The Labute approximate surface area is 77.5 Å². The number of carboxylic acid groups (broad SMARTS) is 1. The summed E-state index contributed by atoms with van der Waals surface area (Å²) in [6.45, 7) is 0.235. The van der Waals surface area contributed by atoms with Crippen LogP contribution in [0.2, 0.25) is 0 Å². The zero-order valence-corrected chi connectivity index (χ0v) is 7.62. The Morgan fingerprint density at radius 1 is 1.46 bits per heavy atom. The Bertz CT molecular complexity index is 230. The van der Waals surface area contributed by atoms with E-state index in [1.807, 2.05) is 0 Å². The van der Waals surface area contributed by atoms with E-state index in [2.05, 4.69) is 5.92 Å². The van der Waals surface area contributed by atoms with Crippen LogP contribution in [0, 0.1) is 12.3 Å². The Balaban J connectivity index is 3.70. The molecule has 0 unspecified atom stereocenters. The third-order valence-corrected chi connectivity index (χ3v) is 1.57. The fraction of sp³-hybridized carbons (Fsp3) is 0.556. The van der Waals surface area contributed by atoms with Gasteiger partial charge in [-0.3, -0.25) is 9.59 Å². The molecule has 0 atom stereocenters. The molecule has 0 radical (unpaired) electrons. The molecule has 0 fully saturated rings. The summed E-state index contributed by atoms with van der Waals surface area (Å²) in [6.07, 6.45) is 5.64. The molecule has 0 aromatic carbocycles. The minimum absolute atomic E-state index is 0.0295. The molecule has 0 spiro atoms. The quantitative estimate of drug-likeness (QED) is 0.625. The first-order chi connectivity index (χ1) is 6.07. The van der Waals surface area contributed by atoms with Crippen molar-refractivity contribution in [3.8, 4) is 12.3 Å². The minimum Gasteiger partial charge on any atom is -0.481 e. The maximum absolute atomic E-state index is 11.2. The molecule has 0 aliphatic carbocycles. The van der Waals surface area contributed by atoms with Gasteiger partial charge in [-0.25, -0.2) is 0 Å². The zero-order chi connectivity index (χ0) is 10.3. The molecular weight excluding hydrogens is 170 g/mol. The van der Waals surface area contributed by atoms with Crippen LogP contribution in [-0.2, 0) is 9.59 Å². The molecule has 0 rings (SSSR count). The van der Waals surface area contributed by atoms with Crippen molar-refractivity contribution in [3.05, 3.63) is 0 Å². The highest BCUT2D eigenvalue weighted by Crippen LogP contribution is 1.95. The lowest BCUT2D eigenvalue weighted by molar-refractivity contribution is -0.138. The summed E-state index contributed by atoms with van der Waals surface area (Å²) in [6, 6.07) is 0. The fourth-order valence-electron chi connectivity index (χ4n) is 0.758. The second-order valence-corrected chi connectivity index (χ2v) is 2.66. The molecule has 0 heterocycles. The molecule has 13 heavy (non-hydrogen) atoms. The van der Waals surface area contributed by atoms with E-state index in [0.29, 0.717) is 6.42 Å². The summed E-state index contributed by atoms with van der Waals surface area (Å²) < 4.78 is 0. The number of aliphatic carboxylic acids is 1. The van der Waals surface area contributed by atoms with Gasteiger partial charge < -0.3 is 10.0 Å². The van der Waals surface area contributed by atoms with Gasteiger partial charge in [-0.05, 0) is 0 Å². The topological polar surface area (TPSA) is 57.6 Å². The van der Waals surface area contributed by atoms with Crippen LogP contribution in [0.15, 0.2) is 0 Å². The molecule has 0 saturated carbocycles. The first-order valence-corrected chi connectivity index (χ1v) is 3.97. The molecule has 0 bridgehead atoms. The van der Waals surface area contributed by atoms with E-state index in [9.17, 15) is 9.59 Å². The lowest BCUT2D eigenvalue weighted by Crippen LogP contribution is -2.28. The van der Waals surface area contributed by atoms with Crippen molar-refractivity contribution in [2.75, 3.05) is 13.6 Å². The second kappa shape index (κ2) is 6.06. The van der Waals surface area contributed by atoms with Crippen LogP contribution in [0.5, 0.6) is 0 Å². The van der Waals surface area contributed by atoms with Gasteiger partial charge in [0.2, 0.25) is 5.91 Å². The van der Waals surface area contributed by atoms with E-state index in [1.54, 1.807) is 7.05 Å². The standard InChI is InChI=1S/C9H13NO3/c1-3-4-5-8(11)10(2)7-6-9(12)13/h1H,4-7H2,2H3,(H,12,13). The van der Waals surface area contributed by atoms with Crippen LogP contribution in [0.1, 0.15) is 19.3 Å². The SMILES string of the molecule is C#CCCC(=O)N(C)CCC(=O)O. The van der Waals surface area contributed by atoms with Crippen molar-refractivity contribution < 1.29 is 14.7 Å². The molecule has 1 amide bonds. The van der Waals surface area contributed by atoms with Crippen molar-refractivity contribution in [3.63, 3.8) is 0 Å². The summed E-state index contributed by atoms with van der Waals surface area (Å²) in [4.78, 5) is 22.7. The zero-order valence-electron chi connectivity index (χ0n) is 7.62. The highest BCUT2D eigenvalue weighted by Gasteiger charge is 2.08. The van der Waals surface area contributed by atoms with Gasteiger partial charge in [-0.2, -0.15) is 0 Å². The van der Waals surface area contributed by atoms with Crippen molar-refractivity contribution in [2.45, 2.75) is 19.3 Å². The number of terminal acetylenes is 1. The Hall–Kier alpha value is -1.50. The van der Waals surface area contributed by atoms with Gasteiger partial charge >= 0.3 is 5.97 Å². The molecular formula is C9H13NO3. The smallest absolute Gasteiger partial charge is 0.305 e. The second-order valence-electron chi connectivity index (χ2n) is 2.66. The predicted molar refractivity (Wildman–Crippen MR) is 48.0 cm³/mol. The van der Waals surface area contributed by atoms with Crippen LogP contribution in [0.25, 0.3) is 0 Å². The number of carbonyl (C=O) groups excluding carboxylic acids is 1. The Morgan fingerprint density at radius 3 is 2.54 bits per heavy atom. The maximum atomic E-state index is 11.2. The van der Waals surface area contributed by atoms with Crippen LogP contribution in [-0.4, -0.2) is 35.5 Å². The average molecular weight is 183 g/mol. The van der Waals surface area contributed by atoms with Gasteiger partial charge in [0.25, 0.3) is 0 Å². The fourth-order valence-corrected chi connectivity index (χ4v) is 0.758. The lowest BCUT2D eigenvalue weighted by Gasteiger charge is -2.14. The number of nitrogens with zero attached hydrogens (tertiary/aromatic N) is 1. The first kappa shape index (κ1) is 11.5. The van der Waals surface area contributed by atoms with E-state index in [1.165, 1.54) is 4.90 Å². The van der Waals surface area contributed by atoms with Gasteiger partial charge in [0.05, 0.1) is 6.42 Å². The van der Waals surface area contributed by atoms with E-state index in [4.69, 9.17) is 11.5 Å². The van der Waals surface area contributed by atoms with E-state index in [-0.39, 0.29) is 25.3 Å². The van der Waals surface area contributed by atoms with Crippen LogP contribution >= 0.6 is 0 Å². The number of carbonyl (C=O) groups is 2. The largest absolute Gasteiger partial charge is 0.481 e. The monoisotopic (exact) mass is 183 g/mol. The van der Waals surface area contributed by atoms with Gasteiger partial charge in [-0.15, -0.1) is 12.3 Å². The summed E-state index contributed by atoms with van der Waals surface area (Å²) in [7, 11) is 1.57. The van der Waals surface area contributed by atoms with Gasteiger partial charge in [0.15, 0.2) is 0 Å².